The monoisotopic (exact) mass is 562 g/mol. The van der Waals surface area contributed by atoms with Crippen LogP contribution in [-0.2, 0) is 6.54 Å². The number of carbonyl (C=O) groups is 1. The van der Waals surface area contributed by atoms with Gasteiger partial charge in [0.2, 0.25) is 0 Å². The van der Waals surface area contributed by atoms with Gasteiger partial charge in [0, 0.05) is 30.8 Å². The highest BCUT2D eigenvalue weighted by atomic mass is 127. The second-order valence-electron chi connectivity index (χ2n) is 6.30. The van der Waals surface area contributed by atoms with Crippen LogP contribution in [0.1, 0.15) is 29.8 Å². The molecular formula is C22H29F2IN4O3. The summed E-state index contributed by atoms with van der Waals surface area (Å²) in [5.41, 5.74) is 1.06. The first-order valence-electron chi connectivity index (χ1n) is 10.1. The minimum atomic E-state index is -2.97. The van der Waals surface area contributed by atoms with Crippen molar-refractivity contribution in [2.75, 3.05) is 26.2 Å². The van der Waals surface area contributed by atoms with Crippen LogP contribution in [0.25, 0.3) is 0 Å². The average molecular weight is 562 g/mol. The third-order valence-corrected chi connectivity index (χ3v) is 4.06. The van der Waals surface area contributed by atoms with Crippen LogP contribution in [-0.4, -0.2) is 44.7 Å². The lowest BCUT2D eigenvalue weighted by Crippen LogP contribution is -2.41. The summed E-state index contributed by atoms with van der Waals surface area (Å²) in [6, 6.07) is 13.9. The fraction of sp³-hybridized carbons (Fsp3) is 0.364. The lowest BCUT2D eigenvalue weighted by atomic mass is 10.2. The van der Waals surface area contributed by atoms with Crippen molar-refractivity contribution >= 4 is 35.8 Å². The lowest BCUT2D eigenvalue weighted by Gasteiger charge is -2.15. The van der Waals surface area contributed by atoms with Crippen LogP contribution < -0.4 is 25.4 Å². The molecular weight excluding hydrogens is 533 g/mol. The second kappa shape index (κ2) is 15.2. The molecule has 0 unspecified atom stereocenters. The van der Waals surface area contributed by atoms with Crippen molar-refractivity contribution in [3.8, 4) is 11.5 Å². The first-order valence-corrected chi connectivity index (χ1v) is 10.1. The zero-order valence-corrected chi connectivity index (χ0v) is 20.4. The number of halogens is 3. The van der Waals surface area contributed by atoms with Gasteiger partial charge >= 0.3 is 6.61 Å². The van der Waals surface area contributed by atoms with E-state index in [-0.39, 0.29) is 47.9 Å². The fourth-order valence-electron chi connectivity index (χ4n) is 2.73. The number of rotatable bonds is 11. The Hall–Kier alpha value is -2.63. The molecule has 0 aliphatic carbocycles. The maximum Gasteiger partial charge on any atom is 0.387 e. The summed E-state index contributed by atoms with van der Waals surface area (Å²) in [5.74, 6) is 0.554. The molecule has 7 nitrogen and oxygen atoms in total. The Labute approximate surface area is 204 Å². The van der Waals surface area contributed by atoms with Crippen LogP contribution in [0.4, 0.5) is 8.78 Å². The van der Waals surface area contributed by atoms with E-state index in [2.05, 4.69) is 25.7 Å². The Bertz CT molecular complexity index is 854. The molecule has 0 heterocycles. The number of benzene rings is 2. The van der Waals surface area contributed by atoms with E-state index in [0.717, 1.165) is 0 Å². The van der Waals surface area contributed by atoms with Crippen LogP contribution in [0.2, 0.25) is 0 Å². The van der Waals surface area contributed by atoms with Gasteiger partial charge in [0.15, 0.2) is 17.5 Å². The first-order chi connectivity index (χ1) is 15.0. The summed E-state index contributed by atoms with van der Waals surface area (Å²) < 4.78 is 35.8. The third-order valence-electron chi connectivity index (χ3n) is 4.06. The zero-order chi connectivity index (χ0) is 22.5. The molecule has 0 atom stereocenters. The number of hydrogen-bond acceptors (Lipinski definition) is 4. The molecule has 2 aromatic carbocycles. The van der Waals surface area contributed by atoms with Gasteiger partial charge in [0.05, 0.1) is 13.2 Å². The normalized spacial score (nSPS) is 10.8. The van der Waals surface area contributed by atoms with E-state index in [1.54, 1.807) is 49.4 Å². The number of hydrogen-bond donors (Lipinski definition) is 3. The van der Waals surface area contributed by atoms with Gasteiger partial charge in [0.1, 0.15) is 0 Å². The number of ether oxygens (including phenoxy) is 2. The zero-order valence-electron chi connectivity index (χ0n) is 18.1. The largest absolute Gasteiger partial charge is 0.490 e. The third kappa shape index (κ3) is 9.25. The molecule has 0 bridgehead atoms. The van der Waals surface area contributed by atoms with Crippen LogP contribution in [0.15, 0.2) is 53.5 Å². The van der Waals surface area contributed by atoms with Gasteiger partial charge in [-0.05, 0) is 32.0 Å². The number of alkyl halides is 2. The van der Waals surface area contributed by atoms with Crippen molar-refractivity contribution in [1.82, 2.24) is 16.0 Å². The van der Waals surface area contributed by atoms with Gasteiger partial charge in [-0.1, -0.05) is 30.3 Å². The van der Waals surface area contributed by atoms with Gasteiger partial charge in [-0.25, -0.2) is 4.99 Å². The van der Waals surface area contributed by atoms with Crippen molar-refractivity contribution in [1.29, 1.82) is 0 Å². The molecule has 0 spiro atoms. The number of guanidine groups is 1. The number of para-hydroxylation sites is 1. The molecule has 0 aliphatic rings. The minimum Gasteiger partial charge on any atom is -0.490 e. The van der Waals surface area contributed by atoms with Crippen LogP contribution >= 0.6 is 24.0 Å². The quantitative estimate of drug-likeness (QED) is 0.168. The minimum absolute atomic E-state index is 0. The summed E-state index contributed by atoms with van der Waals surface area (Å²) >= 11 is 0. The standard InChI is InChI=1S/C22H28F2N4O3.HI/c1-3-25-22(27-14-13-26-20(29)16-9-6-5-7-10-16)28-15-17-11-8-12-18(30-4-2)19(17)31-21(23)24;/h5-12,21H,3-4,13-15H2,1-2H3,(H,26,29)(H2,25,27,28);1H. The predicted octanol–water partition coefficient (Wildman–Crippen LogP) is 3.79. The summed E-state index contributed by atoms with van der Waals surface area (Å²) in [6.45, 7) is 2.57. The number of carbonyl (C=O) groups excluding carboxylic acids is 1. The summed E-state index contributed by atoms with van der Waals surface area (Å²) in [5, 5.41) is 9.00. The van der Waals surface area contributed by atoms with Crippen LogP contribution in [0, 0.1) is 0 Å². The molecule has 32 heavy (non-hydrogen) atoms. The van der Waals surface area contributed by atoms with Crippen LogP contribution in [0.3, 0.4) is 0 Å². The number of nitrogens with one attached hydrogen (secondary N) is 3. The van der Waals surface area contributed by atoms with E-state index < -0.39 is 6.61 Å². The van der Waals surface area contributed by atoms with E-state index in [0.29, 0.717) is 43.3 Å². The number of amides is 1. The molecule has 10 heteroatoms. The highest BCUT2D eigenvalue weighted by molar-refractivity contribution is 14.0. The topological polar surface area (TPSA) is 84.0 Å². The Balaban J connectivity index is 0.00000512. The SMILES string of the molecule is CCNC(=NCc1cccc(OCC)c1OC(F)F)NCCNC(=O)c1ccccc1.I. The molecule has 0 fully saturated rings. The lowest BCUT2D eigenvalue weighted by molar-refractivity contribution is -0.0520. The van der Waals surface area contributed by atoms with Crippen molar-refractivity contribution in [2.45, 2.75) is 27.0 Å². The predicted molar refractivity (Wildman–Crippen MR) is 131 cm³/mol. The van der Waals surface area contributed by atoms with Gasteiger partial charge in [-0.15, -0.1) is 24.0 Å². The van der Waals surface area contributed by atoms with E-state index in [1.165, 1.54) is 0 Å². The molecule has 0 aromatic heterocycles. The molecule has 0 saturated heterocycles. The molecule has 0 aliphatic heterocycles. The smallest absolute Gasteiger partial charge is 0.387 e. The van der Waals surface area contributed by atoms with E-state index in [4.69, 9.17) is 4.74 Å². The molecule has 0 radical (unpaired) electrons. The summed E-state index contributed by atoms with van der Waals surface area (Å²) in [6.07, 6.45) is 0. The maximum absolute atomic E-state index is 12.9. The number of nitrogens with zero attached hydrogens (tertiary/aromatic N) is 1. The molecule has 176 valence electrons. The fourth-order valence-corrected chi connectivity index (χ4v) is 2.73. The molecule has 2 aromatic rings. The molecule has 2 rings (SSSR count). The molecule has 3 N–H and O–H groups in total. The molecule has 1 amide bonds. The highest BCUT2D eigenvalue weighted by Gasteiger charge is 2.15. The maximum atomic E-state index is 12.9. The summed E-state index contributed by atoms with van der Waals surface area (Å²) in [7, 11) is 0. The Kier molecular flexibility index (Phi) is 13.0. The van der Waals surface area contributed by atoms with Crippen molar-refractivity contribution in [2.24, 2.45) is 4.99 Å². The Morgan fingerprint density at radius 3 is 2.38 bits per heavy atom. The van der Waals surface area contributed by atoms with Crippen molar-refractivity contribution in [3.63, 3.8) is 0 Å². The number of aliphatic imine (C=N–C) groups is 1. The van der Waals surface area contributed by atoms with Crippen molar-refractivity contribution in [3.05, 3.63) is 59.7 Å². The van der Waals surface area contributed by atoms with Gasteiger partial charge in [-0.2, -0.15) is 8.78 Å². The second-order valence-corrected chi connectivity index (χ2v) is 6.30. The van der Waals surface area contributed by atoms with E-state index in [9.17, 15) is 13.6 Å². The first kappa shape index (κ1) is 27.4. The highest BCUT2D eigenvalue weighted by Crippen LogP contribution is 2.33. The Morgan fingerprint density at radius 1 is 1.00 bits per heavy atom. The average Bonchev–Trinajstić information content (AvgIpc) is 2.77. The van der Waals surface area contributed by atoms with Gasteiger partial charge in [-0.3, -0.25) is 4.79 Å². The van der Waals surface area contributed by atoms with Gasteiger partial charge in [0.25, 0.3) is 5.91 Å². The van der Waals surface area contributed by atoms with E-state index >= 15 is 0 Å². The Morgan fingerprint density at radius 2 is 1.72 bits per heavy atom. The molecule has 0 saturated carbocycles. The van der Waals surface area contributed by atoms with Crippen LogP contribution in [0.5, 0.6) is 11.5 Å². The summed E-state index contributed by atoms with van der Waals surface area (Å²) in [4.78, 5) is 16.5. The van der Waals surface area contributed by atoms with Crippen molar-refractivity contribution < 1.29 is 23.0 Å². The van der Waals surface area contributed by atoms with Gasteiger partial charge < -0.3 is 25.4 Å². The van der Waals surface area contributed by atoms with E-state index in [1.807, 2.05) is 13.0 Å².